The largest absolute Gasteiger partial charge is 0.756 e. The zero-order valence-corrected chi connectivity index (χ0v) is 49.0. The third-order valence-corrected chi connectivity index (χ3v) is 14.7. The van der Waals surface area contributed by atoms with Gasteiger partial charge in [0.1, 0.15) is 13.2 Å². The highest BCUT2D eigenvalue weighted by Gasteiger charge is 2.24. The molecule has 72 heavy (non-hydrogen) atoms. The lowest BCUT2D eigenvalue weighted by molar-refractivity contribution is -0.870. The Morgan fingerprint density at radius 1 is 0.500 bits per heavy atom. The first kappa shape index (κ1) is 70.2. The van der Waals surface area contributed by atoms with Crippen molar-refractivity contribution in [3.63, 3.8) is 0 Å². The lowest BCUT2D eigenvalue weighted by Crippen LogP contribution is -2.46. The summed E-state index contributed by atoms with van der Waals surface area (Å²) in [4.78, 5) is 25.6. The van der Waals surface area contributed by atoms with Crippen LogP contribution < -0.4 is 10.2 Å². The minimum atomic E-state index is -4.58. The first-order valence-corrected chi connectivity index (χ1v) is 32.1. The molecule has 0 radical (unpaired) electrons. The summed E-state index contributed by atoms with van der Waals surface area (Å²) in [6, 6.07) is -0.808. The van der Waals surface area contributed by atoms with Gasteiger partial charge in [-0.3, -0.25) is 9.36 Å². The van der Waals surface area contributed by atoms with Crippen molar-refractivity contribution in [1.29, 1.82) is 0 Å². The first-order valence-electron chi connectivity index (χ1n) is 30.6. The Morgan fingerprint density at radius 2 is 0.847 bits per heavy atom. The lowest BCUT2D eigenvalue weighted by atomic mass is 10.0. The Kier molecular flexibility index (Phi) is 52.7. The number of nitrogens with one attached hydrogen (secondary N) is 1. The van der Waals surface area contributed by atoms with Gasteiger partial charge >= 0.3 is 0 Å². The van der Waals surface area contributed by atoms with Crippen LogP contribution in [0.3, 0.4) is 0 Å². The second-order valence-electron chi connectivity index (χ2n) is 22.0. The van der Waals surface area contributed by atoms with Crippen LogP contribution in [0.5, 0.6) is 0 Å². The van der Waals surface area contributed by atoms with Gasteiger partial charge in [-0.15, -0.1) is 0 Å². The second-order valence-corrected chi connectivity index (χ2v) is 23.4. The molecule has 0 spiro atoms. The molecule has 0 aliphatic heterocycles. The summed E-state index contributed by atoms with van der Waals surface area (Å²) in [5, 5.41) is 14.1. The van der Waals surface area contributed by atoms with Crippen LogP contribution in [0, 0.1) is 0 Å². The van der Waals surface area contributed by atoms with Gasteiger partial charge in [-0.1, -0.05) is 280 Å². The molecule has 0 aromatic heterocycles. The number of nitrogens with zero attached hydrogens (tertiary/aromatic N) is 1. The number of unbranched alkanes of at least 4 members (excludes halogenated alkanes) is 33. The van der Waals surface area contributed by atoms with Crippen LogP contribution in [0.1, 0.15) is 284 Å². The fraction of sp³-hybridized carbons (Fsp3) is 0.825. The van der Waals surface area contributed by atoms with Gasteiger partial charge in [-0.05, 0) is 57.8 Å². The van der Waals surface area contributed by atoms with Crippen LogP contribution in [0.2, 0.25) is 0 Å². The van der Waals surface area contributed by atoms with Gasteiger partial charge in [0.05, 0.1) is 39.9 Å². The van der Waals surface area contributed by atoms with Gasteiger partial charge in [0.15, 0.2) is 0 Å². The summed E-state index contributed by atoms with van der Waals surface area (Å²) in [5.74, 6) is -0.170. The highest BCUT2D eigenvalue weighted by Crippen LogP contribution is 2.38. The smallest absolute Gasteiger partial charge is 0.268 e. The molecule has 8 nitrogen and oxygen atoms in total. The van der Waals surface area contributed by atoms with E-state index in [-0.39, 0.29) is 19.1 Å². The average Bonchev–Trinajstić information content (AvgIpc) is 3.34. The lowest BCUT2D eigenvalue weighted by Gasteiger charge is -2.30. The van der Waals surface area contributed by atoms with E-state index < -0.39 is 20.0 Å². The molecule has 1 amide bonds. The van der Waals surface area contributed by atoms with Crippen LogP contribution >= 0.6 is 7.82 Å². The molecule has 0 aromatic rings. The molecule has 9 heteroatoms. The Balaban J connectivity index is 4.15. The zero-order valence-electron chi connectivity index (χ0n) is 48.1. The van der Waals surface area contributed by atoms with E-state index >= 15 is 0 Å². The molecule has 0 aliphatic rings. The van der Waals surface area contributed by atoms with Gasteiger partial charge in [-0.25, -0.2) is 0 Å². The van der Waals surface area contributed by atoms with Crippen molar-refractivity contribution in [2.24, 2.45) is 0 Å². The molecule has 0 bridgehead atoms. The zero-order chi connectivity index (χ0) is 52.7. The highest BCUT2D eigenvalue weighted by atomic mass is 31.2. The number of hydrogen-bond donors (Lipinski definition) is 2. The normalized spacial score (nSPS) is 14.3. The Bertz CT molecular complexity index is 1360. The number of phosphoric acid groups is 1. The van der Waals surface area contributed by atoms with E-state index in [1.54, 1.807) is 0 Å². The number of quaternary nitrogens is 1. The van der Waals surface area contributed by atoms with Crippen LogP contribution in [-0.2, 0) is 18.4 Å². The minimum absolute atomic E-state index is 0.00915. The number of hydrogen-bond acceptors (Lipinski definition) is 6. The predicted molar refractivity (Wildman–Crippen MR) is 311 cm³/mol. The van der Waals surface area contributed by atoms with Gasteiger partial charge in [-0.2, -0.15) is 0 Å². The van der Waals surface area contributed by atoms with E-state index in [1.807, 2.05) is 21.1 Å². The van der Waals surface area contributed by atoms with E-state index in [2.05, 4.69) is 79.9 Å². The van der Waals surface area contributed by atoms with Gasteiger partial charge in [0.25, 0.3) is 7.82 Å². The number of aliphatic hydroxyl groups is 1. The topological polar surface area (TPSA) is 108 Å². The van der Waals surface area contributed by atoms with Gasteiger partial charge in [0, 0.05) is 6.42 Å². The van der Waals surface area contributed by atoms with E-state index in [0.29, 0.717) is 23.9 Å². The number of aliphatic hydroxyl groups excluding tert-OH is 1. The molecule has 0 heterocycles. The van der Waals surface area contributed by atoms with Crippen LogP contribution in [0.25, 0.3) is 0 Å². The fourth-order valence-corrected chi connectivity index (χ4v) is 9.73. The maximum Gasteiger partial charge on any atom is 0.268 e. The third-order valence-electron chi connectivity index (χ3n) is 13.8. The molecule has 0 fully saturated rings. The molecule has 2 N–H and O–H groups in total. The second kappa shape index (κ2) is 54.0. The van der Waals surface area contributed by atoms with E-state index in [9.17, 15) is 19.4 Å². The van der Waals surface area contributed by atoms with Crippen molar-refractivity contribution < 1.29 is 32.9 Å². The Hall–Kier alpha value is -1.80. The average molecular weight is 1030 g/mol. The summed E-state index contributed by atoms with van der Waals surface area (Å²) >= 11 is 0. The molecule has 422 valence electrons. The van der Waals surface area contributed by atoms with Gasteiger partial charge in [0.2, 0.25) is 5.91 Å². The number of carbonyl (C=O) groups excluding carboxylic acids is 1. The fourth-order valence-electron chi connectivity index (χ4n) is 9.01. The van der Waals surface area contributed by atoms with Crippen molar-refractivity contribution in [3.05, 3.63) is 60.8 Å². The number of rotatable bonds is 56. The summed E-state index contributed by atoms with van der Waals surface area (Å²) in [7, 11) is 1.30. The van der Waals surface area contributed by atoms with Crippen molar-refractivity contribution >= 4 is 13.7 Å². The summed E-state index contributed by atoms with van der Waals surface area (Å²) in [6.45, 7) is 4.63. The number of phosphoric ester groups is 1. The molecular formula is C63H119N2O6P. The number of allylic oxidation sites excluding steroid dienone is 10. The molecule has 0 rings (SSSR count). The Morgan fingerprint density at radius 3 is 1.24 bits per heavy atom. The third kappa shape index (κ3) is 55.9. The standard InChI is InChI=1S/C63H119N2O6P/c1-6-8-10-12-14-16-18-20-22-24-26-28-30-32-34-36-38-40-42-44-46-48-50-52-54-56-62(66)61(60-71-72(68,69)70-59-58-65(3,4)5)64-63(67)57-55-53-51-49-47-45-43-41-39-37-35-33-31-29-27-25-23-21-19-17-15-13-11-9-7-2/h9,11,15,17,21,23,27,29,33,35,61-62,66H,6-8,10,12-14,16,18-20,22,24-26,28,30-32,34,36-60H2,1-5H3,(H-,64,67,68,69)/b11-9-,17-15-,23-21-,29-27-,35-33-. The van der Waals surface area contributed by atoms with Crippen LogP contribution in [0.15, 0.2) is 60.8 Å². The molecule has 3 unspecified atom stereocenters. The van der Waals surface area contributed by atoms with Crippen molar-refractivity contribution in [3.8, 4) is 0 Å². The minimum Gasteiger partial charge on any atom is -0.756 e. The molecule has 0 saturated carbocycles. The van der Waals surface area contributed by atoms with Crippen LogP contribution in [0.4, 0.5) is 0 Å². The monoisotopic (exact) mass is 1030 g/mol. The first-order chi connectivity index (χ1) is 35.0. The maximum atomic E-state index is 13.0. The highest BCUT2D eigenvalue weighted by molar-refractivity contribution is 7.45. The predicted octanol–water partition coefficient (Wildman–Crippen LogP) is 18.2. The molecule has 0 saturated heterocycles. The number of amides is 1. The summed E-state index contributed by atoms with van der Waals surface area (Å²) in [5.41, 5.74) is 0. The molecular weight excluding hydrogens is 912 g/mol. The maximum absolute atomic E-state index is 13.0. The van der Waals surface area contributed by atoms with Crippen LogP contribution in [-0.4, -0.2) is 68.5 Å². The SMILES string of the molecule is CC/C=C\C/C=C\C/C=C\C/C=C\C/C=C\CCCCCCCCCCCC(=O)NC(COP(=O)([O-])OCC[N+](C)(C)C)C(O)CCCCCCCCCCCCCCCCCCCCCCCCCCC. The van der Waals surface area contributed by atoms with E-state index in [1.165, 1.54) is 180 Å². The number of likely N-dealkylation sites (N-methyl/N-ethyl adjacent to an activating group) is 1. The van der Waals surface area contributed by atoms with E-state index in [0.717, 1.165) is 77.0 Å². The summed E-state index contributed by atoms with van der Waals surface area (Å²) < 4.78 is 23.5. The quantitative estimate of drug-likeness (QED) is 0.0272. The Labute approximate surface area is 447 Å². The molecule has 0 aliphatic carbocycles. The molecule has 0 aromatic carbocycles. The van der Waals surface area contributed by atoms with Crippen molar-refractivity contribution in [2.75, 3.05) is 40.9 Å². The van der Waals surface area contributed by atoms with Crippen molar-refractivity contribution in [1.82, 2.24) is 5.32 Å². The van der Waals surface area contributed by atoms with Gasteiger partial charge < -0.3 is 28.8 Å². The number of carbonyl (C=O) groups is 1. The molecule has 3 atom stereocenters. The summed E-state index contributed by atoms with van der Waals surface area (Å²) in [6.07, 6.45) is 72.6. The van der Waals surface area contributed by atoms with Crippen molar-refractivity contribution in [2.45, 2.75) is 296 Å². The van der Waals surface area contributed by atoms with E-state index in [4.69, 9.17) is 9.05 Å².